The van der Waals surface area contributed by atoms with Crippen LogP contribution in [0.25, 0.3) is 11.2 Å². The lowest BCUT2D eigenvalue weighted by Crippen LogP contribution is -2.12. The Morgan fingerprint density at radius 2 is 2.16 bits per heavy atom. The van der Waals surface area contributed by atoms with Crippen molar-refractivity contribution in [3.63, 3.8) is 0 Å². The number of H-pyrrole nitrogens is 1. The lowest BCUT2D eigenvalue weighted by atomic mass is 10.2. The quantitative estimate of drug-likeness (QED) is 0.763. The monoisotopic (exact) mass is 316 g/mol. The van der Waals surface area contributed by atoms with E-state index in [9.17, 15) is 4.79 Å². The summed E-state index contributed by atoms with van der Waals surface area (Å²) in [4.78, 5) is 23.3. The number of nitrogens with zero attached hydrogens (tertiary/aromatic N) is 2. The molecular formula is C13H9BrN4O. The number of rotatable bonds is 2. The Balaban J connectivity index is 1.94. The van der Waals surface area contributed by atoms with Crippen LogP contribution in [0.2, 0.25) is 0 Å². The maximum Gasteiger partial charge on any atom is 0.257 e. The van der Waals surface area contributed by atoms with Crippen LogP contribution in [-0.2, 0) is 0 Å². The Hall–Kier alpha value is -2.21. The lowest BCUT2D eigenvalue weighted by Gasteiger charge is -2.06. The molecule has 0 aliphatic rings. The molecule has 2 aromatic heterocycles. The molecule has 0 fully saturated rings. The van der Waals surface area contributed by atoms with E-state index >= 15 is 0 Å². The van der Waals surface area contributed by atoms with Gasteiger partial charge >= 0.3 is 0 Å². The molecule has 0 atom stereocenters. The molecule has 0 aliphatic carbocycles. The van der Waals surface area contributed by atoms with Gasteiger partial charge in [-0.05, 0) is 24.3 Å². The first-order valence-corrected chi connectivity index (χ1v) is 6.38. The number of carbonyl (C=O) groups excluding carboxylic acids is 1. The van der Waals surface area contributed by atoms with Gasteiger partial charge < -0.3 is 10.3 Å². The number of carbonyl (C=O) groups is 1. The van der Waals surface area contributed by atoms with Crippen molar-refractivity contribution in [2.75, 3.05) is 5.32 Å². The largest absolute Gasteiger partial charge is 0.343 e. The van der Waals surface area contributed by atoms with E-state index in [0.29, 0.717) is 16.7 Å². The van der Waals surface area contributed by atoms with Gasteiger partial charge in [-0.1, -0.05) is 22.0 Å². The molecule has 5 nitrogen and oxygen atoms in total. The normalized spacial score (nSPS) is 10.6. The van der Waals surface area contributed by atoms with Crippen molar-refractivity contribution in [1.82, 2.24) is 15.0 Å². The SMILES string of the molecule is O=C(Nc1cccc(Br)c1)c1ccnc2nc[nH]c12. The van der Waals surface area contributed by atoms with Gasteiger partial charge in [0.2, 0.25) is 0 Å². The highest BCUT2D eigenvalue weighted by molar-refractivity contribution is 9.10. The van der Waals surface area contributed by atoms with E-state index in [-0.39, 0.29) is 5.91 Å². The maximum absolute atomic E-state index is 12.2. The van der Waals surface area contributed by atoms with E-state index in [2.05, 4.69) is 36.2 Å². The van der Waals surface area contributed by atoms with Gasteiger partial charge in [0, 0.05) is 16.4 Å². The summed E-state index contributed by atoms with van der Waals surface area (Å²) in [6.07, 6.45) is 3.09. The summed E-state index contributed by atoms with van der Waals surface area (Å²) in [5.74, 6) is -0.199. The molecule has 2 N–H and O–H groups in total. The minimum absolute atomic E-state index is 0.199. The first-order chi connectivity index (χ1) is 9.24. The van der Waals surface area contributed by atoms with E-state index in [4.69, 9.17) is 0 Å². The number of hydrogen-bond acceptors (Lipinski definition) is 3. The summed E-state index contributed by atoms with van der Waals surface area (Å²) in [6, 6.07) is 9.08. The average Bonchev–Trinajstić information content (AvgIpc) is 2.86. The van der Waals surface area contributed by atoms with Gasteiger partial charge in [0.1, 0.15) is 0 Å². The number of halogens is 1. The average molecular weight is 317 g/mol. The van der Waals surface area contributed by atoms with E-state index in [1.807, 2.05) is 24.3 Å². The molecule has 0 aliphatic heterocycles. The van der Waals surface area contributed by atoms with Crippen LogP contribution in [0.3, 0.4) is 0 Å². The Morgan fingerprint density at radius 3 is 3.00 bits per heavy atom. The van der Waals surface area contributed by atoms with Crippen LogP contribution < -0.4 is 5.32 Å². The summed E-state index contributed by atoms with van der Waals surface area (Å²) in [5, 5.41) is 2.84. The maximum atomic E-state index is 12.2. The van der Waals surface area contributed by atoms with Crippen molar-refractivity contribution in [3.05, 3.63) is 52.9 Å². The van der Waals surface area contributed by atoms with Crippen LogP contribution >= 0.6 is 15.9 Å². The van der Waals surface area contributed by atoms with E-state index in [1.54, 1.807) is 12.3 Å². The Kier molecular flexibility index (Phi) is 3.00. The number of imidazole rings is 1. The zero-order chi connectivity index (χ0) is 13.2. The Morgan fingerprint density at radius 1 is 1.26 bits per heavy atom. The summed E-state index contributed by atoms with van der Waals surface area (Å²) in [6.45, 7) is 0. The highest BCUT2D eigenvalue weighted by Crippen LogP contribution is 2.18. The second-order valence-electron chi connectivity index (χ2n) is 3.92. The van der Waals surface area contributed by atoms with Crippen molar-refractivity contribution in [1.29, 1.82) is 0 Å². The van der Waals surface area contributed by atoms with Crippen molar-refractivity contribution in [3.8, 4) is 0 Å². The Labute approximate surface area is 117 Å². The molecule has 0 unspecified atom stereocenters. The number of nitrogens with one attached hydrogen (secondary N) is 2. The van der Waals surface area contributed by atoms with Gasteiger partial charge in [-0.15, -0.1) is 0 Å². The fraction of sp³-hybridized carbons (Fsp3) is 0. The van der Waals surface area contributed by atoms with Gasteiger partial charge in [0.25, 0.3) is 5.91 Å². The first-order valence-electron chi connectivity index (χ1n) is 5.59. The number of benzene rings is 1. The van der Waals surface area contributed by atoms with Gasteiger partial charge in [-0.3, -0.25) is 4.79 Å². The van der Waals surface area contributed by atoms with Crippen molar-refractivity contribution in [2.24, 2.45) is 0 Å². The minimum atomic E-state index is -0.199. The van der Waals surface area contributed by atoms with Crippen LogP contribution in [0.5, 0.6) is 0 Å². The van der Waals surface area contributed by atoms with Crippen molar-refractivity contribution in [2.45, 2.75) is 0 Å². The first kappa shape index (κ1) is 11.9. The fourth-order valence-corrected chi connectivity index (χ4v) is 2.20. The van der Waals surface area contributed by atoms with E-state index in [0.717, 1.165) is 10.2 Å². The van der Waals surface area contributed by atoms with E-state index in [1.165, 1.54) is 6.33 Å². The van der Waals surface area contributed by atoms with Crippen LogP contribution in [0, 0.1) is 0 Å². The number of amides is 1. The molecule has 94 valence electrons. The standard InChI is InChI=1S/C13H9BrN4O/c14-8-2-1-3-9(6-8)18-13(19)10-4-5-15-12-11(10)16-7-17-12/h1-7H,(H,18,19)(H,15,16,17). The molecule has 0 saturated heterocycles. The third kappa shape index (κ3) is 2.34. The number of aromatic amines is 1. The predicted octanol–water partition coefficient (Wildman–Crippen LogP) is 2.97. The minimum Gasteiger partial charge on any atom is -0.343 e. The molecule has 0 spiro atoms. The van der Waals surface area contributed by atoms with Gasteiger partial charge in [0.15, 0.2) is 5.65 Å². The summed E-state index contributed by atoms with van der Waals surface area (Å²) in [5.41, 5.74) is 2.41. The predicted molar refractivity (Wildman–Crippen MR) is 76.0 cm³/mol. The molecule has 0 radical (unpaired) electrons. The third-order valence-electron chi connectivity index (χ3n) is 2.65. The molecule has 6 heteroatoms. The lowest BCUT2D eigenvalue weighted by molar-refractivity contribution is 0.102. The molecule has 3 rings (SSSR count). The second kappa shape index (κ2) is 4.81. The van der Waals surface area contributed by atoms with Crippen molar-refractivity contribution < 1.29 is 4.79 Å². The summed E-state index contributed by atoms with van der Waals surface area (Å²) >= 11 is 3.36. The number of fused-ring (bicyclic) bond motifs is 1. The molecule has 2 heterocycles. The smallest absolute Gasteiger partial charge is 0.257 e. The summed E-state index contributed by atoms with van der Waals surface area (Å²) in [7, 11) is 0. The third-order valence-corrected chi connectivity index (χ3v) is 3.15. The molecule has 19 heavy (non-hydrogen) atoms. The number of hydrogen-bond donors (Lipinski definition) is 2. The topological polar surface area (TPSA) is 70.7 Å². The Bertz CT molecular complexity index is 753. The van der Waals surface area contributed by atoms with Crippen LogP contribution in [0.15, 0.2) is 47.3 Å². The van der Waals surface area contributed by atoms with Gasteiger partial charge in [0.05, 0.1) is 17.4 Å². The zero-order valence-electron chi connectivity index (χ0n) is 9.72. The highest BCUT2D eigenvalue weighted by atomic mass is 79.9. The molecule has 0 saturated carbocycles. The van der Waals surface area contributed by atoms with Gasteiger partial charge in [-0.2, -0.15) is 0 Å². The van der Waals surface area contributed by atoms with Crippen LogP contribution in [0.4, 0.5) is 5.69 Å². The van der Waals surface area contributed by atoms with Crippen LogP contribution in [0.1, 0.15) is 10.4 Å². The highest BCUT2D eigenvalue weighted by Gasteiger charge is 2.12. The molecule has 0 bridgehead atoms. The van der Waals surface area contributed by atoms with Crippen LogP contribution in [-0.4, -0.2) is 20.9 Å². The van der Waals surface area contributed by atoms with E-state index < -0.39 is 0 Å². The molecular weight excluding hydrogens is 308 g/mol. The fourth-order valence-electron chi connectivity index (χ4n) is 1.80. The zero-order valence-corrected chi connectivity index (χ0v) is 11.3. The molecule has 1 amide bonds. The molecule has 1 aromatic carbocycles. The summed E-state index contributed by atoms with van der Waals surface area (Å²) < 4.78 is 0.909. The van der Waals surface area contributed by atoms with Crippen molar-refractivity contribution >= 4 is 38.7 Å². The van der Waals surface area contributed by atoms with Gasteiger partial charge in [-0.25, -0.2) is 9.97 Å². The number of pyridine rings is 1. The number of aromatic nitrogens is 3. The number of anilines is 1. The molecule has 3 aromatic rings. The second-order valence-corrected chi connectivity index (χ2v) is 4.84.